The third-order valence-electron chi connectivity index (χ3n) is 1.98. The maximum atomic E-state index is 11.4. The fourth-order valence-corrected chi connectivity index (χ4v) is 1.13. The maximum absolute atomic E-state index is 11.4. The summed E-state index contributed by atoms with van der Waals surface area (Å²) in [5.74, 6) is -3.10. The van der Waals surface area contributed by atoms with Gasteiger partial charge in [0.2, 0.25) is 5.91 Å². The summed E-state index contributed by atoms with van der Waals surface area (Å²) in [6, 6.07) is 4.07. The SMILES string of the molecule is CC(C(=O)O)C(=O)Nc1ccc(O)c(Cl)c1. The quantitative estimate of drug-likeness (QED) is 0.557. The number of aromatic hydroxyl groups is 1. The number of aliphatic carboxylic acids is 1. The van der Waals surface area contributed by atoms with Gasteiger partial charge >= 0.3 is 5.97 Å². The van der Waals surface area contributed by atoms with Crippen LogP contribution >= 0.6 is 11.6 Å². The summed E-state index contributed by atoms with van der Waals surface area (Å²) in [6.07, 6.45) is 0. The molecule has 0 saturated heterocycles. The Bertz CT molecular complexity index is 433. The number of carbonyl (C=O) groups excluding carboxylic acids is 1. The lowest BCUT2D eigenvalue weighted by atomic mass is 10.1. The average Bonchev–Trinajstić information content (AvgIpc) is 2.22. The highest BCUT2D eigenvalue weighted by molar-refractivity contribution is 6.32. The van der Waals surface area contributed by atoms with E-state index in [9.17, 15) is 9.59 Å². The predicted molar refractivity (Wildman–Crippen MR) is 58.5 cm³/mol. The Morgan fingerprint density at radius 2 is 2.06 bits per heavy atom. The maximum Gasteiger partial charge on any atom is 0.315 e. The van der Waals surface area contributed by atoms with Gasteiger partial charge in [0.1, 0.15) is 11.7 Å². The Hall–Kier alpha value is -1.75. The number of phenolic OH excluding ortho intramolecular Hbond substituents is 1. The van der Waals surface area contributed by atoms with E-state index < -0.39 is 17.8 Å². The summed E-state index contributed by atoms with van der Waals surface area (Å²) in [4.78, 5) is 21.9. The zero-order valence-electron chi connectivity index (χ0n) is 8.40. The number of rotatable bonds is 3. The van der Waals surface area contributed by atoms with E-state index in [0.29, 0.717) is 5.69 Å². The molecule has 5 nitrogen and oxygen atoms in total. The lowest BCUT2D eigenvalue weighted by molar-refractivity contribution is -0.144. The molecular formula is C10H10ClNO4. The van der Waals surface area contributed by atoms with Gasteiger partial charge in [-0.25, -0.2) is 0 Å². The first-order valence-corrected chi connectivity index (χ1v) is 4.82. The molecule has 0 aliphatic heterocycles. The number of anilines is 1. The number of carboxylic acid groups (broad SMARTS) is 1. The minimum Gasteiger partial charge on any atom is -0.506 e. The molecule has 0 aromatic heterocycles. The summed E-state index contributed by atoms with van der Waals surface area (Å²) in [5.41, 5.74) is 0.334. The van der Waals surface area contributed by atoms with Gasteiger partial charge in [-0.3, -0.25) is 9.59 Å². The number of benzene rings is 1. The minimum absolute atomic E-state index is 0.0841. The molecule has 16 heavy (non-hydrogen) atoms. The summed E-state index contributed by atoms with van der Waals surface area (Å²) in [7, 11) is 0. The molecule has 1 aromatic rings. The van der Waals surface area contributed by atoms with Crippen molar-refractivity contribution in [1.29, 1.82) is 0 Å². The molecule has 0 heterocycles. The number of carbonyl (C=O) groups is 2. The second-order valence-corrected chi connectivity index (χ2v) is 3.62. The fourth-order valence-electron chi connectivity index (χ4n) is 0.947. The van der Waals surface area contributed by atoms with E-state index in [-0.39, 0.29) is 10.8 Å². The van der Waals surface area contributed by atoms with Crippen molar-refractivity contribution in [2.24, 2.45) is 5.92 Å². The monoisotopic (exact) mass is 243 g/mol. The first-order valence-electron chi connectivity index (χ1n) is 4.44. The van der Waals surface area contributed by atoms with Gasteiger partial charge in [0, 0.05) is 5.69 Å². The zero-order valence-corrected chi connectivity index (χ0v) is 9.15. The predicted octanol–water partition coefficient (Wildman–Crippen LogP) is 1.70. The number of halogens is 1. The van der Waals surface area contributed by atoms with Crippen LogP contribution in [0.5, 0.6) is 5.75 Å². The highest BCUT2D eigenvalue weighted by Crippen LogP contribution is 2.26. The van der Waals surface area contributed by atoms with Gasteiger partial charge in [0.15, 0.2) is 0 Å². The van der Waals surface area contributed by atoms with Crippen molar-refractivity contribution in [3.8, 4) is 5.75 Å². The van der Waals surface area contributed by atoms with E-state index in [1.165, 1.54) is 25.1 Å². The summed E-state index contributed by atoms with van der Waals surface area (Å²) in [6.45, 7) is 1.28. The smallest absolute Gasteiger partial charge is 0.315 e. The molecule has 0 aliphatic carbocycles. The molecule has 1 unspecified atom stereocenters. The lowest BCUT2D eigenvalue weighted by Crippen LogP contribution is -2.26. The molecule has 1 aromatic carbocycles. The van der Waals surface area contributed by atoms with Crippen LogP contribution in [0.15, 0.2) is 18.2 Å². The third kappa shape index (κ3) is 2.87. The molecule has 0 radical (unpaired) electrons. The molecule has 3 N–H and O–H groups in total. The van der Waals surface area contributed by atoms with Crippen LogP contribution in [-0.2, 0) is 9.59 Å². The minimum atomic E-state index is -1.21. The van der Waals surface area contributed by atoms with Crippen LogP contribution in [0.4, 0.5) is 5.69 Å². The van der Waals surface area contributed by atoms with Crippen LogP contribution in [0.1, 0.15) is 6.92 Å². The Balaban J connectivity index is 2.77. The molecule has 0 spiro atoms. The van der Waals surface area contributed by atoms with Crippen molar-refractivity contribution in [2.75, 3.05) is 5.32 Å². The number of carboxylic acids is 1. The molecule has 1 amide bonds. The second-order valence-electron chi connectivity index (χ2n) is 3.22. The van der Waals surface area contributed by atoms with E-state index in [2.05, 4.69) is 5.32 Å². The van der Waals surface area contributed by atoms with Gasteiger partial charge in [-0.1, -0.05) is 11.6 Å². The van der Waals surface area contributed by atoms with Crippen molar-refractivity contribution in [2.45, 2.75) is 6.92 Å². The number of nitrogens with one attached hydrogen (secondary N) is 1. The molecule has 0 saturated carbocycles. The van der Waals surface area contributed by atoms with Gasteiger partial charge < -0.3 is 15.5 Å². The standard InChI is InChI=1S/C10H10ClNO4/c1-5(10(15)16)9(14)12-6-2-3-8(13)7(11)4-6/h2-5,13H,1H3,(H,12,14)(H,15,16). The number of phenols is 1. The highest BCUT2D eigenvalue weighted by Gasteiger charge is 2.20. The Labute approximate surface area is 96.7 Å². The van der Waals surface area contributed by atoms with Crippen molar-refractivity contribution in [3.63, 3.8) is 0 Å². The van der Waals surface area contributed by atoms with Gasteiger partial charge in [-0.05, 0) is 25.1 Å². The normalized spacial score (nSPS) is 11.9. The third-order valence-corrected chi connectivity index (χ3v) is 2.28. The highest BCUT2D eigenvalue weighted by atomic mass is 35.5. The molecule has 0 fully saturated rings. The van der Waals surface area contributed by atoms with Crippen LogP contribution in [0.3, 0.4) is 0 Å². The van der Waals surface area contributed by atoms with E-state index >= 15 is 0 Å². The Morgan fingerprint density at radius 1 is 1.44 bits per heavy atom. The molecule has 0 bridgehead atoms. The van der Waals surface area contributed by atoms with E-state index in [4.69, 9.17) is 21.8 Å². The molecular weight excluding hydrogens is 234 g/mol. The lowest BCUT2D eigenvalue weighted by Gasteiger charge is -2.08. The van der Waals surface area contributed by atoms with Gasteiger partial charge in [-0.15, -0.1) is 0 Å². The van der Waals surface area contributed by atoms with Crippen LogP contribution in [-0.4, -0.2) is 22.1 Å². The molecule has 86 valence electrons. The number of hydrogen-bond acceptors (Lipinski definition) is 3. The zero-order chi connectivity index (χ0) is 12.3. The van der Waals surface area contributed by atoms with Crippen LogP contribution in [0, 0.1) is 5.92 Å². The van der Waals surface area contributed by atoms with E-state index in [1.54, 1.807) is 0 Å². The summed E-state index contributed by atoms with van der Waals surface area (Å²) in [5, 5.41) is 20.2. The Kier molecular flexibility index (Phi) is 3.73. The van der Waals surface area contributed by atoms with Crippen molar-refractivity contribution >= 4 is 29.2 Å². The van der Waals surface area contributed by atoms with Crippen LogP contribution in [0.25, 0.3) is 0 Å². The first-order chi connectivity index (χ1) is 7.41. The second kappa shape index (κ2) is 4.85. The Morgan fingerprint density at radius 3 is 2.56 bits per heavy atom. The van der Waals surface area contributed by atoms with Gasteiger partial charge in [-0.2, -0.15) is 0 Å². The van der Waals surface area contributed by atoms with Crippen molar-refractivity contribution < 1.29 is 19.8 Å². The fraction of sp³-hybridized carbons (Fsp3) is 0.200. The summed E-state index contributed by atoms with van der Waals surface area (Å²) < 4.78 is 0. The van der Waals surface area contributed by atoms with Crippen molar-refractivity contribution in [1.82, 2.24) is 0 Å². The summed E-state index contributed by atoms with van der Waals surface area (Å²) >= 11 is 5.62. The number of hydrogen-bond donors (Lipinski definition) is 3. The molecule has 0 aliphatic rings. The molecule has 1 rings (SSSR count). The van der Waals surface area contributed by atoms with Crippen LogP contribution in [0.2, 0.25) is 5.02 Å². The molecule has 1 atom stereocenters. The number of amides is 1. The van der Waals surface area contributed by atoms with Crippen molar-refractivity contribution in [3.05, 3.63) is 23.2 Å². The van der Waals surface area contributed by atoms with E-state index in [1.807, 2.05) is 0 Å². The topological polar surface area (TPSA) is 86.6 Å². The van der Waals surface area contributed by atoms with Gasteiger partial charge in [0.05, 0.1) is 5.02 Å². The first kappa shape index (κ1) is 12.3. The van der Waals surface area contributed by atoms with Crippen LogP contribution < -0.4 is 5.32 Å². The average molecular weight is 244 g/mol. The molecule has 6 heteroatoms. The van der Waals surface area contributed by atoms with Gasteiger partial charge in [0.25, 0.3) is 0 Å². The largest absolute Gasteiger partial charge is 0.506 e. The van der Waals surface area contributed by atoms with E-state index in [0.717, 1.165) is 0 Å².